The molecular formula is C16H21ClN4OS. The Bertz CT molecular complexity index is 650. The summed E-state index contributed by atoms with van der Waals surface area (Å²) in [4.78, 5) is 21.2. The van der Waals surface area contributed by atoms with Crippen LogP contribution in [-0.2, 0) is 6.54 Å². The third kappa shape index (κ3) is 4.02. The van der Waals surface area contributed by atoms with Gasteiger partial charge in [0.05, 0.1) is 5.69 Å². The minimum Gasteiger partial charge on any atom is -0.345 e. The normalized spacial score (nSPS) is 14.5. The van der Waals surface area contributed by atoms with Crippen LogP contribution in [0.2, 0.25) is 0 Å². The highest BCUT2D eigenvalue weighted by Crippen LogP contribution is 2.21. The lowest BCUT2D eigenvalue weighted by atomic mass is 10.1. The number of hydrogen-bond acceptors (Lipinski definition) is 5. The first-order valence-electron chi connectivity index (χ1n) is 7.43. The predicted molar refractivity (Wildman–Crippen MR) is 96.5 cm³/mol. The van der Waals surface area contributed by atoms with Gasteiger partial charge in [-0.25, -0.2) is 4.98 Å². The highest BCUT2D eigenvalue weighted by atomic mass is 35.5. The number of hydrogen-bond donors (Lipinski definition) is 1. The molecule has 2 heterocycles. The third-order valence-electron chi connectivity index (χ3n) is 3.88. The van der Waals surface area contributed by atoms with Gasteiger partial charge in [0.15, 0.2) is 5.13 Å². The Labute approximate surface area is 146 Å². The molecule has 5 nitrogen and oxygen atoms in total. The summed E-state index contributed by atoms with van der Waals surface area (Å²) < 4.78 is 0. The van der Waals surface area contributed by atoms with Crippen LogP contribution in [0.5, 0.6) is 0 Å². The van der Waals surface area contributed by atoms with Crippen LogP contribution >= 0.6 is 23.7 Å². The van der Waals surface area contributed by atoms with Crippen LogP contribution in [-0.4, -0.2) is 42.0 Å². The van der Waals surface area contributed by atoms with Crippen LogP contribution in [0, 0.1) is 6.92 Å². The molecule has 0 spiro atoms. The van der Waals surface area contributed by atoms with Crippen LogP contribution in [0.4, 0.5) is 5.13 Å². The fourth-order valence-corrected chi connectivity index (χ4v) is 3.41. The number of piperazine rings is 1. The number of rotatable bonds is 3. The van der Waals surface area contributed by atoms with Gasteiger partial charge in [-0.1, -0.05) is 12.1 Å². The van der Waals surface area contributed by atoms with Crippen LogP contribution in [0.15, 0.2) is 29.6 Å². The fraction of sp³-hybridized carbons (Fsp3) is 0.375. The number of nitrogens with zero attached hydrogens (tertiary/aromatic N) is 3. The van der Waals surface area contributed by atoms with Crippen molar-refractivity contribution in [3.05, 3.63) is 46.5 Å². The highest BCUT2D eigenvalue weighted by molar-refractivity contribution is 7.13. The summed E-state index contributed by atoms with van der Waals surface area (Å²) in [6, 6.07) is 7.56. The van der Waals surface area contributed by atoms with Crippen LogP contribution in [0.3, 0.4) is 0 Å². The zero-order valence-electron chi connectivity index (χ0n) is 13.1. The molecule has 1 saturated heterocycles. The second-order valence-corrected chi connectivity index (χ2v) is 6.29. The number of carbonyl (C=O) groups excluding carboxylic acids is 1. The molecule has 2 aromatic rings. The van der Waals surface area contributed by atoms with Crippen molar-refractivity contribution in [3.8, 4) is 0 Å². The van der Waals surface area contributed by atoms with Crippen LogP contribution < -0.4 is 10.6 Å². The Balaban J connectivity index is 0.00000192. The number of carbonyl (C=O) groups is 1. The van der Waals surface area contributed by atoms with Crippen molar-refractivity contribution in [2.45, 2.75) is 13.5 Å². The number of benzene rings is 1. The van der Waals surface area contributed by atoms with E-state index in [0.717, 1.165) is 48.1 Å². The van der Waals surface area contributed by atoms with Gasteiger partial charge < -0.3 is 15.5 Å². The molecule has 1 fully saturated rings. The van der Waals surface area contributed by atoms with Gasteiger partial charge in [0, 0.05) is 43.7 Å². The first-order valence-corrected chi connectivity index (χ1v) is 8.30. The molecule has 1 amide bonds. The van der Waals surface area contributed by atoms with E-state index < -0.39 is 0 Å². The molecular weight excluding hydrogens is 332 g/mol. The Hall–Kier alpha value is -1.63. The van der Waals surface area contributed by atoms with Gasteiger partial charge in [-0.05, 0) is 24.6 Å². The summed E-state index contributed by atoms with van der Waals surface area (Å²) in [6.45, 7) is 5.64. The summed E-state index contributed by atoms with van der Waals surface area (Å²) >= 11 is 1.67. The lowest BCUT2D eigenvalue weighted by molar-refractivity contribution is 0.0746. The molecule has 23 heavy (non-hydrogen) atoms. The lowest BCUT2D eigenvalue weighted by Gasteiger charge is -2.34. The molecule has 0 unspecified atom stereocenters. The topological polar surface area (TPSA) is 62.5 Å². The van der Waals surface area contributed by atoms with E-state index in [2.05, 4.69) is 15.3 Å². The van der Waals surface area contributed by atoms with E-state index in [1.165, 1.54) is 0 Å². The first-order chi connectivity index (χ1) is 10.7. The molecule has 0 radical (unpaired) electrons. The van der Waals surface area contributed by atoms with Crippen LogP contribution in [0.25, 0.3) is 0 Å². The summed E-state index contributed by atoms with van der Waals surface area (Å²) in [7, 11) is 0. The van der Waals surface area contributed by atoms with Crippen molar-refractivity contribution < 1.29 is 4.79 Å². The van der Waals surface area contributed by atoms with Crippen molar-refractivity contribution in [1.82, 2.24) is 9.88 Å². The van der Waals surface area contributed by atoms with Gasteiger partial charge in [0.25, 0.3) is 5.91 Å². The van der Waals surface area contributed by atoms with Gasteiger partial charge in [-0.2, -0.15) is 0 Å². The van der Waals surface area contributed by atoms with Crippen LogP contribution in [0.1, 0.15) is 21.6 Å². The zero-order valence-corrected chi connectivity index (χ0v) is 14.7. The molecule has 7 heteroatoms. The number of aromatic nitrogens is 1. The van der Waals surface area contributed by atoms with Gasteiger partial charge in [-0.3, -0.25) is 4.79 Å². The number of amides is 1. The highest BCUT2D eigenvalue weighted by Gasteiger charge is 2.23. The predicted octanol–water partition coefficient (Wildman–Crippen LogP) is 2.29. The molecule has 1 aromatic carbocycles. The monoisotopic (exact) mass is 352 g/mol. The van der Waals surface area contributed by atoms with Crippen molar-refractivity contribution in [1.29, 1.82) is 0 Å². The molecule has 0 saturated carbocycles. The number of aryl methyl sites for hydroxylation is 1. The van der Waals surface area contributed by atoms with E-state index in [1.807, 2.05) is 36.1 Å². The van der Waals surface area contributed by atoms with Gasteiger partial charge in [0.2, 0.25) is 0 Å². The standard InChI is InChI=1S/C16H20N4OS.ClH/c1-12-11-22-16(18-12)20-8-6-19(7-9-20)15(21)14-4-2-13(10-17)3-5-14;/h2-5,11H,6-10,17H2,1H3;1H. The SMILES string of the molecule is Cc1csc(N2CCN(C(=O)c3ccc(CN)cc3)CC2)n1.Cl. The Morgan fingerprint density at radius 1 is 1.22 bits per heavy atom. The number of halogens is 1. The first kappa shape index (κ1) is 17.7. The molecule has 124 valence electrons. The van der Waals surface area contributed by atoms with E-state index >= 15 is 0 Å². The number of anilines is 1. The lowest BCUT2D eigenvalue weighted by Crippen LogP contribution is -2.48. The van der Waals surface area contributed by atoms with E-state index in [9.17, 15) is 4.79 Å². The zero-order chi connectivity index (χ0) is 15.5. The quantitative estimate of drug-likeness (QED) is 0.920. The fourth-order valence-electron chi connectivity index (χ4n) is 2.55. The second kappa shape index (κ2) is 7.77. The van der Waals surface area contributed by atoms with E-state index in [0.29, 0.717) is 6.54 Å². The van der Waals surface area contributed by atoms with Crippen molar-refractivity contribution >= 4 is 34.8 Å². The number of nitrogens with two attached hydrogens (primary N) is 1. The van der Waals surface area contributed by atoms with E-state index in [4.69, 9.17) is 5.73 Å². The van der Waals surface area contributed by atoms with Gasteiger partial charge in [-0.15, -0.1) is 23.7 Å². The van der Waals surface area contributed by atoms with Crippen molar-refractivity contribution in [3.63, 3.8) is 0 Å². The smallest absolute Gasteiger partial charge is 0.253 e. The van der Waals surface area contributed by atoms with Crippen molar-refractivity contribution in [2.24, 2.45) is 5.73 Å². The molecule has 1 aliphatic heterocycles. The van der Waals surface area contributed by atoms with Gasteiger partial charge in [0.1, 0.15) is 0 Å². The summed E-state index contributed by atoms with van der Waals surface area (Å²) in [6.07, 6.45) is 0. The van der Waals surface area contributed by atoms with E-state index in [1.54, 1.807) is 11.3 Å². The Kier molecular flexibility index (Phi) is 5.98. The molecule has 0 aliphatic carbocycles. The minimum atomic E-state index is 0. The second-order valence-electron chi connectivity index (χ2n) is 5.45. The maximum Gasteiger partial charge on any atom is 0.253 e. The average molecular weight is 353 g/mol. The Morgan fingerprint density at radius 2 is 1.87 bits per heavy atom. The molecule has 3 rings (SSSR count). The largest absolute Gasteiger partial charge is 0.345 e. The van der Waals surface area contributed by atoms with Gasteiger partial charge >= 0.3 is 0 Å². The minimum absolute atomic E-state index is 0. The van der Waals surface area contributed by atoms with E-state index in [-0.39, 0.29) is 18.3 Å². The maximum absolute atomic E-state index is 12.5. The molecule has 0 atom stereocenters. The average Bonchev–Trinajstić information content (AvgIpc) is 3.01. The molecule has 1 aliphatic rings. The molecule has 1 aromatic heterocycles. The van der Waals surface area contributed by atoms with Crippen molar-refractivity contribution in [2.75, 3.05) is 31.1 Å². The third-order valence-corrected chi connectivity index (χ3v) is 4.90. The molecule has 2 N–H and O–H groups in total. The summed E-state index contributed by atoms with van der Waals surface area (Å²) in [5, 5.41) is 3.11. The maximum atomic E-state index is 12.5. The summed E-state index contributed by atoms with van der Waals surface area (Å²) in [5.41, 5.74) is 8.41. The Morgan fingerprint density at radius 3 is 2.39 bits per heavy atom. The molecule has 0 bridgehead atoms. The number of thiazole rings is 1. The summed E-state index contributed by atoms with van der Waals surface area (Å²) in [5.74, 6) is 0.0959.